The molecule has 112 valence electrons. The van der Waals surface area contributed by atoms with Gasteiger partial charge < -0.3 is 5.32 Å². The lowest BCUT2D eigenvalue weighted by Crippen LogP contribution is -2.13. The summed E-state index contributed by atoms with van der Waals surface area (Å²) in [5.41, 5.74) is 1.27. The first-order chi connectivity index (χ1) is 9.92. The third-order valence-electron chi connectivity index (χ3n) is 2.79. The molecule has 4 nitrogen and oxygen atoms in total. The Bertz CT molecular complexity index is 733. The summed E-state index contributed by atoms with van der Waals surface area (Å²) in [6.07, 6.45) is 0. The average molecular weight is 373 g/mol. The zero-order valence-corrected chi connectivity index (χ0v) is 13.6. The molecule has 7 heteroatoms. The van der Waals surface area contributed by atoms with Crippen LogP contribution in [0.1, 0.15) is 5.56 Å². The molecule has 0 fully saturated rings. The maximum atomic E-state index is 13.0. The highest BCUT2D eigenvalue weighted by atomic mass is 79.9. The summed E-state index contributed by atoms with van der Waals surface area (Å²) in [5, 5.41) is 2.99. The molecule has 21 heavy (non-hydrogen) atoms. The Kier molecular flexibility index (Phi) is 4.97. The van der Waals surface area contributed by atoms with Crippen molar-refractivity contribution < 1.29 is 12.8 Å². The number of benzene rings is 2. The average Bonchev–Trinajstić information content (AvgIpc) is 2.43. The van der Waals surface area contributed by atoms with Gasteiger partial charge in [0.05, 0.1) is 10.6 Å². The van der Waals surface area contributed by atoms with Crippen molar-refractivity contribution in [3.63, 3.8) is 0 Å². The van der Waals surface area contributed by atoms with Gasteiger partial charge in [0.25, 0.3) is 10.0 Å². The van der Waals surface area contributed by atoms with Crippen molar-refractivity contribution in [2.24, 2.45) is 0 Å². The van der Waals surface area contributed by atoms with Crippen LogP contribution in [0, 0.1) is 5.82 Å². The number of halogens is 2. The smallest absolute Gasteiger partial charge is 0.261 e. The van der Waals surface area contributed by atoms with E-state index >= 15 is 0 Å². The van der Waals surface area contributed by atoms with E-state index in [2.05, 4.69) is 26.0 Å². The molecule has 0 heterocycles. The van der Waals surface area contributed by atoms with Crippen LogP contribution in [0.15, 0.2) is 51.8 Å². The number of rotatable bonds is 5. The predicted octanol–water partition coefficient (Wildman–Crippen LogP) is 3.11. The Morgan fingerprint density at radius 3 is 2.38 bits per heavy atom. The molecule has 0 unspecified atom stereocenters. The van der Waals surface area contributed by atoms with Gasteiger partial charge >= 0.3 is 0 Å². The van der Waals surface area contributed by atoms with Gasteiger partial charge in [-0.05, 0) is 58.9 Å². The van der Waals surface area contributed by atoms with Gasteiger partial charge in [-0.3, -0.25) is 4.72 Å². The third kappa shape index (κ3) is 4.03. The second-order valence-electron chi connectivity index (χ2n) is 4.40. The van der Waals surface area contributed by atoms with Crippen molar-refractivity contribution in [3.8, 4) is 0 Å². The van der Waals surface area contributed by atoms with Crippen LogP contribution in [0.4, 0.5) is 10.1 Å². The lowest BCUT2D eigenvalue weighted by Gasteiger charge is -2.10. The Morgan fingerprint density at radius 2 is 1.81 bits per heavy atom. The maximum Gasteiger partial charge on any atom is 0.261 e. The molecule has 0 aromatic heterocycles. The molecule has 0 saturated heterocycles. The van der Waals surface area contributed by atoms with Crippen LogP contribution in [0.25, 0.3) is 0 Å². The van der Waals surface area contributed by atoms with Crippen molar-refractivity contribution in [3.05, 3.63) is 58.3 Å². The SMILES string of the molecule is CNCc1ccc(S(=O)(=O)Nc2ccc(F)cc2Br)cc1. The minimum Gasteiger partial charge on any atom is -0.316 e. The zero-order chi connectivity index (χ0) is 15.5. The quantitative estimate of drug-likeness (QED) is 0.847. The zero-order valence-electron chi connectivity index (χ0n) is 11.2. The second-order valence-corrected chi connectivity index (χ2v) is 6.94. The fourth-order valence-electron chi connectivity index (χ4n) is 1.77. The van der Waals surface area contributed by atoms with Crippen molar-refractivity contribution >= 4 is 31.6 Å². The van der Waals surface area contributed by atoms with Crippen LogP contribution >= 0.6 is 15.9 Å². The molecule has 0 aliphatic heterocycles. The van der Waals surface area contributed by atoms with Gasteiger partial charge in [-0.2, -0.15) is 0 Å². The normalized spacial score (nSPS) is 11.4. The van der Waals surface area contributed by atoms with Gasteiger partial charge in [-0.1, -0.05) is 12.1 Å². The van der Waals surface area contributed by atoms with E-state index in [1.807, 2.05) is 7.05 Å². The van der Waals surface area contributed by atoms with Gasteiger partial charge in [-0.15, -0.1) is 0 Å². The van der Waals surface area contributed by atoms with Gasteiger partial charge in [0.1, 0.15) is 5.82 Å². The molecule has 2 aromatic carbocycles. The van der Waals surface area contributed by atoms with E-state index in [1.165, 1.54) is 30.3 Å². The number of sulfonamides is 1. The van der Waals surface area contributed by atoms with Crippen molar-refractivity contribution in [2.75, 3.05) is 11.8 Å². The van der Waals surface area contributed by atoms with Crippen LogP contribution in [0.2, 0.25) is 0 Å². The number of anilines is 1. The van der Waals surface area contributed by atoms with Crippen LogP contribution in [0.3, 0.4) is 0 Å². The minimum absolute atomic E-state index is 0.151. The molecule has 0 atom stereocenters. The van der Waals surface area contributed by atoms with Crippen molar-refractivity contribution in [1.29, 1.82) is 0 Å². The van der Waals surface area contributed by atoms with Crippen LogP contribution in [-0.4, -0.2) is 15.5 Å². The summed E-state index contributed by atoms with van der Waals surface area (Å²) in [6.45, 7) is 0.664. The standard InChI is InChI=1S/C14H14BrFN2O2S/c1-17-9-10-2-5-12(6-3-10)21(19,20)18-14-7-4-11(16)8-13(14)15/h2-8,17-18H,9H2,1H3. The van der Waals surface area contributed by atoms with Crippen LogP contribution < -0.4 is 10.0 Å². The molecule has 2 aromatic rings. The molecule has 0 aliphatic carbocycles. The summed E-state index contributed by atoms with van der Waals surface area (Å²) in [4.78, 5) is 0.151. The fraction of sp³-hybridized carbons (Fsp3) is 0.143. The molecule has 0 spiro atoms. The van der Waals surface area contributed by atoms with E-state index in [-0.39, 0.29) is 10.6 Å². The molecule has 0 saturated carbocycles. The van der Waals surface area contributed by atoms with E-state index < -0.39 is 15.8 Å². The summed E-state index contributed by atoms with van der Waals surface area (Å²) in [6, 6.07) is 10.3. The monoisotopic (exact) mass is 372 g/mol. The lowest BCUT2D eigenvalue weighted by atomic mass is 10.2. The summed E-state index contributed by atoms with van der Waals surface area (Å²) < 4.78 is 40.3. The van der Waals surface area contributed by atoms with Gasteiger partial charge in [0.15, 0.2) is 0 Å². The van der Waals surface area contributed by atoms with Crippen molar-refractivity contribution in [1.82, 2.24) is 5.32 Å². The Balaban J connectivity index is 2.25. The van der Waals surface area contributed by atoms with Gasteiger partial charge in [-0.25, -0.2) is 12.8 Å². The van der Waals surface area contributed by atoms with Crippen LogP contribution in [0.5, 0.6) is 0 Å². The topological polar surface area (TPSA) is 58.2 Å². The summed E-state index contributed by atoms with van der Waals surface area (Å²) in [7, 11) is -1.89. The molecular formula is C14H14BrFN2O2S. The van der Waals surface area contributed by atoms with E-state index in [0.29, 0.717) is 11.0 Å². The first kappa shape index (κ1) is 15.9. The molecule has 0 radical (unpaired) electrons. The van der Waals surface area contributed by atoms with Crippen molar-refractivity contribution in [2.45, 2.75) is 11.4 Å². The number of hydrogen-bond acceptors (Lipinski definition) is 3. The molecule has 2 N–H and O–H groups in total. The third-order valence-corrected chi connectivity index (χ3v) is 4.83. The second kappa shape index (κ2) is 6.55. The minimum atomic E-state index is -3.70. The molecular weight excluding hydrogens is 359 g/mol. The largest absolute Gasteiger partial charge is 0.316 e. The molecule has 2 rings (SSSR count). The Morgan fingerprint density at radius 1 is 1.14 bits per heavy atom. The highest BCUT2D eigenvalue weighted by molar-refractivity contribution is 9.10. The van der Waals surface area contributed by atoms with Crippen LogP contribution in [-0.2, 0) is 16.6 Å². The first-order valence-electron chi connectivity index (χ1n) is 6.14. The fourth-order valence-corrected chi connectivity index (χ4v) is 3.43. The first-order valence-corrected chi connectivity index (χ1v) is 8.41. The van der Waals surface area contributed by atoms with E-state index in [9.17, 15) is 12.8 Å². The van der Waals surface area contributed by atoms with Gasteiger partial charge in [0, 0.05) is 11.0 Å². The highest BCUT2D eigenvalue weighted by Crippen LogP contribution is 2.25. The Labute approximate surface area is 131 Å². The number of nitrogens with one attached hydrogen (secondary N) is 2. The van der Waals surface area contributed by atoms with E-state index in [4.69, 9.17) is 0 Å². The summed E-state index contributed by atoms with van der Waals surface area (Å²) >= 11 is 3.13. The van der Waals surface area contributed by atoms with E-state index in [1.54, 1.807) is 12.1 Å². The Hall–Kier alpha value is -1.44. The lowest BCUT2D eigenvalue weighted by molar-refractivity contribution is 0.601. The molecule has 0 amide bonds. The van der Waals surface area contributed by atoms with Gasteiger partial charge in [0.2, 0.25) is 0 Å². The summed E-state index contributed by atoms with van der Waals surface area (Å²) in [5.74, 6) is -0.443. The maximum absolute atomic E-state index is 13.0. The molecule has 0 bridgehead atoms. The highest BCUT2D eigenvalue weighted by Gasteiger charge is 2.15. The number of hydrogen-bond donors (Lipinski definition) is 2. The van der Waals surface area contributed by atoms with E-state index in [0.717, 1.165) is 5.56 Å². The predicted molar refractivity (Wildman–Crippen MR) is 84.1 cm³/mol. The molecule has 0 aliphatic rings.